The molecule has 2 aliphatic heterocycles. The molecule has 0 saturated heterocycles. The van der Waals surface area contributed by atoms with Crippen LogP contribution in [0.1, 0.15) is 41.5 Å². The standard InChI is InChI=1S/C34H36O2P2/c1-33(2,3)37-29-25(23-15-9-7-10-16-23)19-13-21-27(29)35-31(37)32-36-28-22-14-20-26(24-17-11-8-12-18-24)30(28)38(32)34(4,5)6/h7-22,31-32H,1-6H3/t31-,32-,37-,38-/m0/s1. The third-order valence-corrected chi connectivity index (χ3v) is 14.1. The van der Waals surface area contributed by atoms with E-state index in [2.05, 4.69) is 139 Å². The normalized spacial score (nSPS) is 22.4. The van der Waals surface area contributed by atoms with Gasteiger partial charge in [0.15, 0.2) is 11.7 Å². The van der Waals surface area contributed by atoms with E-state index in [0.29, 0.717) is 0 Å². The van der Waals surface area contributed by atoms with Gasteiger partial charge in [0.05, 0.1) is 0 Å². The van der Waals surface area contributed by atoms with Crippen molar-refractivity contribution in [2.75, 3.05) is 0 Å². The Morgan fingerprint density at radius 2 is 0.842 bits per heavy atom. The molecule has 4 aromatic carbocycles. The van der Waals surface area contributed by atoms with E-state index in [4.69, 9.17) is 9.47 Å². The molecular weight excluding hydrogens is 502 g/mol. The van der Waals surface area contributed by atoms with Crippen LogP contribution < -0.4 is 20.1 Å². The van der Waals surface area contributed by atoms with Gasteiger partial charge in [-0.3, -0.25) is 0 Å². The molecule has 4 atom stereocenters. The Kier molecular flexibility index (Phi) is 6.41. The van der Waals surface area contributed by atoms with Crippen molar-refractivity contribution in [3.05, 3.63) is 97.1 Å². The molecule has 38 heavy (non-hydrogen) atoms. The molecule has 2 aliphatic rings. The molecule has 2 heterocycles. The fourth-order valence-corrected chi connectivity index (χ4v) is 12.8. The monoisotopic (exact) mass is 538 g/mol. The summed E-state index contributed by atoms with van der Waals surface area (Å²) in [6, 6.07) is 34.7. The van der Waals surface area contributed by atoms with E-state index < -0.39 is 15.8 Å². The summed E-state index contributed by atoms with van der Waals surface area (Å²) in [5, 5.41) is 2.88. The van der Waals surface area contributed by atoms with Gasteiger partial charge in [0, 0.05) is 10.6 Å². The van der Waals surface area contributed by atoms with Crippen LogP contribution in [0.5, 0.6) is 11.5 Å². The van der Waals surface area contributed by atoms with E-state index in [1.807, 2.05) is 0 Å². The van der Waals surface area contributed by atoms with Crippen LogP contribution >= 0.6 is 15.8 Å². The first kappa shape index (κ1) is 25.6. The lowest BCUT2D eigenvalue weighted by Gasteiger charge is -2.40. The highest BCUT2D eigenvalue weighted by molar-refractivity contribution is 7.72. The van der Waals surface area contributed by atoms with Crippen LogP contribution in [0.2, 0.25) is 0 Å². The number of hydrogen-bond acceptors (Lipinski definition) is 2. The number of fused-ring (bicyclic) bond motifs is 2. The highest BCUT2D eigenvalue weighted by atomic mass is 31.1. The average Bonchev–Trinajstić information content (AvgIpc) is 3.48. The van der Waals surface area contributed by atoms with Crippen LogP contribution in [-0.2, 0) is 0 Å². The van der Waals surface area contributed by atoms with E-state index >= 15 is 0 Å². The van der Waals surface area contributed by atoms with E-state index in [9.17, 15) is 0 Å². The van der Waals surface area contributed by atoms with E-state index in [0.717, 1.165) is 11.5 Å². The van der Waals surface area contributed by atoms with Gasteiger partial charge in [0.25, 0.3) is 0 Å². The van der Waals surface area contributed by atoms with E-state index in [-0.39, 0.29) is 22.0 Å². The van der Waals surface area contributed by atoms with Crippen LogP contribution in [0.25, 0.3) is 22.3 Å². The fraction of sp³-hybridized carbons (Fsp3) is 0.294. The Balaban J connectivity index is 1.50. The zero-order valence-corrected chi connectivity index (χ0v) is 24.9. The molecule has 0 aromatic heterocycles. The van der Waals surface area contributed by atoms with Crippen LogP contribution in [0, 0.1) is 0 Å². The first-order valence-electron chi connectivity index (χ1n) is 13.4. The van der Waals surface area contributed by atoms with Crippen molar-refractivity contribution in [2.24, 2.45) is 0 Å². The van der Waals surface area contributed by atoms with Crippen molar-refractivity contribution >= 4 is 26.5 Å². The molecule has 0 fully saturated rings. The summed E-state index contributed by atoms with van der Waals surface area (Å²) >= 11 is 0. The summed E-state index contributed by atoms with van der Waals surface area (Å²) in [5.74, 6) is 2.05. The molecule has 4 aromatic rings. The summed E-state index contributed by atoms with van der Waals surface area (Å²) in [6.07, 6.45) is 0. The summed E-state index contributed by atoms with van der Waals surface area (Å²) in [5.41, 5.74) is 5.11. The Hall–Kier alpha value is -2.66. The van der Waals surface area contributed by atoms with Crippen molar-refractivity contribution in [3.63, 3.8) is 0 Å². The average molecular weight is 539 g/mol. The molecule has 0 amide bonds. The zero-order chi connectivity index (χ0) is 26.7. The lowest BCUT2D eigenvalue weighted by atomic mass is 10.1. The van der Waals surface area contributed by atoms with Gasteiger partial charge in [-0.2, -0.15) is 0 Å². The van der Waals surface area contributed by atoms with Crippen molar-refractivity contribution in [1.29, 1.82) is 0 Å². The predicted molar refractivity (Wildman–Crippen MR) is 165 cm³/mol. The maximum absolute atomic E-state index is 7.01. The van der Waals surface area contributed by atoms with Crippen LogP contribution in [0.15, 0.2) is 97.1 Å². The van der Waals surface area contributed by atoms with Gasteiger partial charge in [-0.15, -0.1) is 0 Å². The van der Waals surface area contributed by atoms with Gasteiger partial charge < -0.3 is 9.47 Å². The molecule has 194 valence electrons. The molecule has 0 N–H and O–H groups in total. The zero-order valence-electron chi connectivity index (χ0n) is 23.1. The van der Waals surface area contributed by atoms with Gasteiger partial charge in [-0.05, 0) is 60.5 Å². The van der Waals surface area contributed by atoms with Crippen LogP contribution in [-0.4, -0.2) is 22.0 Å². The Morgan fingerprint density at radius 3 is 1.18 bits per heavy atom. The number of rotatable bonds is 3. The van der Waals surface area contributed by atoms with E-state index in [1.54, 1.807) is 0 Å². The Bertz CT molecular complexity index is 1340. The maximum Gasteiger partial charge on any atom is 0.162 e. The number of hydrogen-bond donors (Lipinski definition) is 0. The predicted octanol–water partition coefficient (Wildman–Crippen LogP) is 8.97. The molecular formula is C34H36O2P2. The first-order valence-corrected chi connectivity index (χ1v) is 16.3. The van der Waals surface area contributed by atoms with Gasteiger partial charge in [0.1, 0.15) is 11.5 Å². The molecule has 0 saturated carbocycles. The van der Waals surface area contributed by atoms with Crippen LogP contribution in [0.4, 0.5) is 0 Å². The largest absolute Gasteiger partial charge is 0.481 e. The third-order valence-electron chi connectivity index (χ3n) is 7.34. The van der Waals surface area contributed by atoms with Crippen molar-refractivity contribution < 1.29 is 9.47 Å². The molecule has 0 spiro atoms. The fourth-order valence-electron chi connectivity index (χ4n) is 5.86. The second kappa shape index (κ2) is 9.51. The molecule has 0 unspecified atom stereocenters. The molecule has 2 nitrogen and oxygen atoms in total. The smallest absolute Gasteiger partial charge is 0.162 e. The molecule has 4 heteroatoms. The lowest BCUT2D eigenvalue weighted by molar-refractivity contribution is 0.171. The second-order valence-corrected chi connectivity index (χ2v) is 18.2. The highest BCUT2D eigenvalue weighted by Crippen LogP contribution is 2.69. The van der Waals surface area contributed by atoms with Crippen molar-refractivity contribution in [1.82, 2.24) is 0 Å². The minimum Gasteiger partial charge on any atom is -0.481 e. The number of benzene rings is 4. The Labute approximate surface area is 229 Å². The lowest BCUT2D eigenvalue weighted by Crippen LogP contribution is -2.38. The minimum absolute atomic E-state index is 0.00813. The highest BCUT2D eigenvalue weighted by Gasteiger charge is 2.55. The molecule has 0 radical (unpaired) electrons. The first-order chi connectivity index (χ1) is 18.1. The summed E-state index contributed by atoms with van der Waals surface area (Å²) in [6.45, 7) is 14.3. The summed E-state index contributed by atoms with van der Waals surface area (Å²) in [4.78, 5) is 0. The quantitative estimate of drug-likeness (QED) is 0.242. The number of ether oxygens (including phenoxy) is 2. The second-order valence-electron chi connectivity index (χ2n) is 12.1. The van der Waals surface area contributed by atoms with Gasteiger partial charge in [0.2, 0.25) is 0 Å². The topological polar surface area (TPSA) is 18.5 Å². The molecule has 6 rings (SSSR count). The van der Waals surface area contributed by atoms with Crippen LogP contribution in [0.3, 0.4) is 0 Å². The summed E-state index contributed by atoms with van der Waals surface area (Å²) < 4.78 is 14.0. The third kappa shape index (κ3) is 4.37. The van der Waals surface area contributed by atoms with Gasteiger partial charge >= 0.3 is 0 Å². The minimum atomic E-state index is -0.692. The summed E-state index contributed by atoms with van der Waals surface area (Å²) in [7, 11) is -1.38. The van der Waals surface area contributed by atoms with Crippen molar-refractivity contribution in [3.8, 4) is 33.8 Å². The Morgan fingerprint density at radius 1 is 0.474 bits per heavy atom. The maximum atomic E-state index is 7.01. The van der Waals surface area contributed by atoms with E-state index in [1.165, 1.54) is 32.9 Å². The van der Waals surface area contributed by atoms with Crippen molar-refractivity contribution in [2.45, 2.75) is 63.5 Å². The van der Waals surface area contributed by atoms with Gasteiger partial charge in [-0.25, -0.2) is 0 Å². The molecule has 0 aliphatic carbocycles. The molecule has 0 bridgehead atoms. The SMILES string of the molecule is CC(C)(C)[P@@]1c2c(cccc2-c2ccccc2)O[C@@H]1[C@H]1Oc2cccc(-c3ccccc3)c2[P@]1C(C)(C)C. The van der Waals surface area contributed by atoms with Gasteiger partial charge in [-0.1, -0.05) is 126 Å².